The van der Waals surface area contributed by atoms with Crippen LogP contribution in [0, 0.1) is 5.82 Å². The highest BCUT2D eigenvalue weighted by Crippen LogP contribution is 2.36. The van der Waals surface area contributed by atoms with E-state index < -0.39 is 0 Å². The Morgan fingerprint density at radius 2 is 2.04 bits per heavy atom. The molecule has 4 rings (SSSR count). The first kappa shape index (κ1) is 17.6. The van der Waals surface area contributed by atoms with E-state index in [9.17, 15) is 0 Å². The van der Waals surface area contributed by atoms with Crippen molar-refractivity contribution < 1.29 is 9.13 Å². The maximum absolute atomic E-state index is 15.3. The van der Waals surface area contributed by atoms with Gasteiger partial charge in [0.1, 0.15) is 5.52 Å². The molecule has 0 bridgehead atoms. The summed E-state index contributed by atoms with van der Waals surface area (Å²) in [5.74, 6) is 0.276. The van der Waals surface area contributed by atoms with E-state index in [0.29, 0.717) is 52.5 Å². The largest absolute Gasteiger partial charge is 0.386 e. The highest BCUT2D eigenvalue weighted by Gasteiger charge is 2.26. The lowest BCUT2D eigenvalue weighted by Gasteiger charge is -2.27. The molecule has 1 aromatic carbocycles. The van der Waals surface area contributed by atoms with Gasteiger partial charge in [0, 0.05) is 50.7 Å². The lowest BCUT2D eigenvalue weighted by atomic mass is 9.96. The van der Waals surface area contributed by atoms with Crippen molar-refractivity contribution in [1.82, 2.24) is 20.3 Å². The molecule has 0 spiro atoms. The normalized spacial score (nSPS) is 17.1. The number of benzene rings is 1. The number of pyridine rings is 1. The quantitative estimate of drug-likeness (QED) is 0.653. The molecule has 140 valence electrons. The topological polar surface area (TPSA) is 84.0 Å². The number of nitrogens with one attached hydrogen (secondary N) is 3. The van der Waals surface area contributed by atoms with E-state index in [1.165, 1.54) is 0 Å². The van der Waals surface area contributed by atoms with Gasteiger partial charge in [0.25, 0.3) is 0 Å². The molecule has 1 fully saturated rings. The van der Waals surface area contributed by atoms with E-state index in [1.807, 2.05) is 12.1 Å². The molecule has 1 atom stereocenters. The van der Waals surface area contributed by atoms with Gasteiger partial charge >= 0.3 is 0 Å². The molecule has 8 heteroatoms. The first-order chi connectivity index (χ1) is 13.2. The fraction of sp³-hybridized carbons (Fsp3) is 0.316. The van der Waals surface area contributed by atoms with Crippen LogP contribution < -0.4 is 16.0 Å². The summed E-state index contributed by atoms with van der Waals surface area (Å²) in [7, 11) is 3.48. The van der Waals surface area contributed by atoms with Crippen molar-refractivity contribution in [3.63, 3.8) is 0 Å². The van der Waals surface area contributed by atoms with Crippen molar-refractivity contribution in [3.8, 4) is 11.3 Å². The third-order valence-corrected chi connectivity index (χ3v) is 4.67. The standard InChI is InChI=1S/C19H21FN6O/c1-21-12-4-3-11(16(17(12)20)15-10-23-7-8-27-15)13-9-14-18(19(22-2)26-13)25-6-5-24-14/h3-6,9,15,21,23H,7-8,10H2,1-2H3,(H,22,26). The number of hydrogen-bond donors (Lipinski definition) is 3. The Morgan fingerprint density at radius 1 is 1.19 bits per heavy atom. The molecule has 1 aliphatic heterocycles. The minimum atomic E-state index is -0.389. The second kappa shape index (κ2) is 7.42. The van der Waals surface area contributed by atoms with Gasteiger partial charge in [-0.25, -0.2) is 14.4 Å². The summed E-state index contributed by atoms with van der Waals surface area (Å²) in [4.78, 5) is 13.4. The molecule has 3 heterocycles. The van der Waals surface area contributed by atoms with Gasteiger partial charge in [0.2, 0.25) is 0 Å². The highest BCUT2D eigenvalue weighted by molar-refractivity contribution is 5.89. The van der Waals surface area contributed by atoms with Crippen LogP contribution in [-0.2, 0) is 4.74 Å². The lowest BCUT2D eigenvalue weighted by molar-refractivity contribution is 0.0259. The fourth-order valence-electron chi connectivity index (χ4n) is 3.36. The predicted octanol–water partition coefficient (Wildman–Crippen LogP) is 2.58. The minimum Gasteiger partial charge on any atom is -0.386 e. The van der Waals surface area contributed by atoms with E-state index in [2.05, 4.69) is 30.9 Å². The van der Waals surface area contributed by atoms with Gasteiger partial charge in [-0.15, -0.1) is 0 Å². The molecule has 0 aliphatic carbocycles. The summed E-state index contributed by atoms with van der Waals surface area (Å²) in [5.41, 5.74) is 3.60. The van der Waals surface area contributed by atoms with Gasteiger partial charge < -0.3 is 20.7 Å². The molecule has 0 radical (unpaired) electrons. The minimum absolute atomic E-state index is 0.323. The molecule has 0 amide bonds. The smallest absolute Gasteiger partial charge is 0.154 e. The van der Waals surface area contributed by atoms with Crippen LogP contribution in [0.3, 0.4) is 0 Å². The number of ether oxygens (including phenoxy) is 1. The van der Waals surface area contributed by atoms with Crippen LogP contribution in [0.2, 0.25) is 0 Å². The van der Waals surface area contributed by atoms with Crippen molar-refractivity contribution in [1.29, 1.82) is 0 Å². The Labute approximate surface area is 156 Å². The van der Waals surface area contributed by atoms with Gasteiger partial charge in [0.15, 0.2) is 11.6 Å². The van der Waals surface area contributed by atoms with E-state index in [1.54, 1.807) is 32.6 Å². The number of halogens is 1. The monoisotopic (exact) mass is 368 g/mol. The van der Waals surface area contributed by atoms with Gasteiger partial charge in [-0.1, -0.05) is 6.07 Å². The maximum Gasteiger partial charge on any atom is 0.154 e. The van der Waals surface area contributed by atoms with Gasteiger partial charge in [0.05, 0.1) is 29.6 Å². The van der Waals surface area contributed by atoms with E-state index in [4.69, 9.17) is 4.74 Å². The Bertz CT molecular complexity index is 974. The highest BCUT2D eigenvalue weighted by atomic mass is 19.1. The van der Waals surface area contributed by atoms with Crippen LogP contribution in [-0.4, -0.2) is 48.7 Å². The summed E-state index contributed by atoms with van der Waals surface area (Å²) in [6.07, 6.45) is 2.86. The van der Waals surface area contributed by atoms with Crippen LogP contribution in [0.5, 0.6) is 0 Å². The number of fused-ring (bicyclic) bond motifs is 1. The van der Waals surface area contributed by atoms with Crippen LogP contribution in [0.15, 0.2) is 30.6 Å². The summed E-state index contributed by atoms with van der Waals surface area (Å²) < 4.78 is 21.1. The van der Waals surface area contributed by atoms with Crippen molar-refractivity contribution in [2.45, 2.75) is 6.10 Å². The van der Waals surface area contributed by atoms with Gasteiger partial charge in [-0.3, -0.25) is 4.98 Å². The van der Waals surface area contributed by atoms with Crippen molar-refractivity contribution in [3.05, 3.63) is 42.0 Å². The third-order valence-electron chi connectivity index (χ3n) is 4.67. The van der Waals surface area contributed by atoms with E-state index in [0.717, 1.165) is 6.54 Å². The molecule has 1 unspecified atom stereocenters. The number of aromatic nitrogens is 3. The molecule has 0 saturated carbocycles. The maximum atomic E-state index is 15.3. The Balaban J connectivity index is 1.93. The Hall–Kier alpha value is -2.84. The zero-order chi connectivity index (χ0) is 18.8. The van der Waals surface area contributed by atoms with Crippen LogP contribution in [0.1, 0.15) is 11.7 Å². The number of hydrogen-bond acceptors (Lipinski definition) is 7. The number of nitrogens with zero attached hydrogens (tertiary/aromatic N) is 3. The van der Waals surface area contributed by atoms with Gasteiger partial charge in [-0.2, -0.15) is 0 Å². The van der Waals surface area contributed by atoms with Crippen molar-refractivity contribution in [2.75, 3.05) is 44.4 Å². The summed E-state index contributed by atoms with van der Waals surface area (Å²) in [6, 6.07) is 5.41. The molecule has 1 saturated heterocycles. The summed E-state index contributed by atoms with van der Waals surface area (Å²) in [5, 5.41) is 9.21. The Morgan fingerprint density at radius 3 is 2.78 bits per heavy atom. The zero-order valence-electron chi connectivity index (χ0n) is 15.2. The van der Waals surface area contributed by atoms with E-state index >= 15 is 4.39 Å². The predicted molar refractivity (Wildman–Crippen MR) is 103 cm³/mol. The van der Waals surface area contributed by atoms with E-state index in [-0.39, 0.29) is 11.9 Å². The van der Waals surface area contributed by atoms with Gasteiger partial charge in [-0.05, 0) is 12.1 Å². The molecular weight excluding hydrogens is 347 g/mol. The molecule has 2 aromatic heterocycles. The molecule has 27 heavy (non-hydrogen) atoms. The van der Waals surface area contributed by atoms with Crippen molar-refractivity contribution >= 4 is 22.5 Å². The average molecular weight is 368 g/mol. The molecule has 3 aromatic rings. The molecular formula is C19H21FN6O. The average Bonchev–Trinajstić information content (AvgIpc) is 2.73. The number of morpholine rings is 1. The van der Waals surface area contributed by atoms with Crippen LogP contribution in [0.4, 0.5) is 15.9 Å². The van der Waals surface area contributed by atoms with Crippen LogP contribution >= 0.6 is 0 Å². The second-order valence-corrected chi connectivity index (χ2v) is 6.23. The second-order valence-electron chi connectivity index (χ2n) is 6.23. The molecule has 1 aliphatic rings. The summed E-state index contributed by atoms with van der Waals surface area (Å²) >= 11 is 0. The first-order valence-electron chi connectivity index (χ1n) is 8.85. The lowest BCUT2D eigenvalue weighted by Crippen LogP contribution is -2.34. The number of rotatable bonds is 4. The SMILES string of the molecule is CNc1ccc(-c2cc3nccnc3c(NC)n2)c(C2CNCCO2)c1F. The molecule has 7 nitrogen and oxygen atoms in total. The van der Waals surface area contributed by atoms with Crippen molar-refractivity contribution in [2.24, 2.45) is 0 Å². The molecule has 3 N–H and O–H groups in total. The zero-order valence-corrected chi connectivity index (χ0v) is 15.2. The third kappa shape index (κ3) is 3.17. The summed E-state index contributed by atoms with van der Waals surface area (Å²) in [6.45, 7) is 1.84. The van der Waals surface area contributed by atoms with Crippen LogP contribution in [0.25, 0.3) is 22.3 Å². The fourth-order valence-corrected chi connectivity index (χ4v) is 3.36. The number of anilines is 2. The Kier molecular flexibility index (Phi) is 4.83. The first-order valence-corrected chi connectivity index (χ1v) is 8.85.